The number of amides is 3. The van der Waals surface area contributed by atoms with Crippen LogP contribution in [0.5, 0.6) is 0 Å². The number of Topliss-reactive ketones (excluding diaryl/α,β-unsaturated/α-hetero) is 4. The van der Waals surface area contributed by atoms with Crippen molar-refractivity contribution in [2.75, 3.05) is 13.7 Å². The van der Waals surface area contributed by atoms with E-state index in [1.807, 2.05) is 31.2 Å². The maximum absolute atomic E-state index is 13.5. The molecule has 6 rings (SSSR count). The van der Waals surface area contributed by atoms with Crippen molar-refractivity contribution >= 4 is 48.0 Å². The van der Waals surface area contributed by atoms with Crippen LogP contribution in [-0.2, 0) is 44.5 Å². The molecule has 2 aromatic rings. The van der Waals surface area contributed by atoms with Gasteiger partial charge in [-0.3, -0.25) is 33.6 Å². The van der Waals surface area contributed by atoms with Gasteiger partial charge >= 0.3 is 7.12 Å². The summed E-state index contributed by atoms with van der Waals surface area (Å²) in [7, 11) is 0.805. The van der Waals surface area contributed by atoms with E-state index in [1.54, 1.807) is 19.1 Å². The van der Waals surface area contributed by atoms with Crippen molar-refractivity contribution in [1.29, 1.82) is 0 Å². The second-order valence-corrected chi connectivity index (χ2v) is 20.6. The van der Waals surface area contributed by atoms with Gasteiger partial charge in [-0.2, -0.15) is 0 Å². The Morgan fingerprint density at radius 2 is 1.39 bits per heavy atom. The molecule has 2 bridgehead atoms. The fourth-order valence-corrected chi connectivity index (χ4v) is 10.4. The number of carbonyl (C=O) groups excluding carboxylic acids is 7. The van der Waals surface area contributed by atoms with Crippen molar-refractivity contribution in [2.24, 2.45) is 29.1 Å². The molecule has 4 aliphatic rings. The third kappa shape index (κ3) is 12.6. The van der Waals surface area contributed by atoms with Gasteiger partial charge in [0.05, 0.1) is 42.4 Å². The number of aryl methyl sites for hydroxylation is 1. The summed E-state index contributed by atoms with van der Waals surface area (Å²) >= 11 is 0. The summed E-state index contributed by atoms with van der Waals surface area (Å²) in [6.45, 7) is 16.1. The number of aliphatic hydroxyl groups excluding tert-OH is 2. The number of benzene rings is 2. The van der Waals surface area contributed by atoms with E-state index in [1.165, 1.54) is 33.4 Å². The molecule has 0 radical (unpaired) electrons. The van der Waals surface area contributed by atoms with Gasteiger partial charge in [0.2, 0.25) is 17.7 Å². The summed E-state index contributed by atoms with van der Waals surface area (Å²) in [4.78, 5) is 93.7. The molecule has 4 fully saturated rings. The molecule has 3 saturated carbocycles. The fraction of sp³-hybridized carbons (Fsp3) is 0.635. The summed E-state index contributed by atoms with van der Waals surface area (Å²) in [6.07, 6.45) is 2.89. The minimum absolute atomic E-state index is 0.00928. The summed E-state index contributed by atoms with van der Waals surface area (Å²) in [5.41, 5.74) is 3.40. The zero-order valence-corrected chi connectivity index (χ0v) is 41.3. The van der Waals surface area contributed by atoms with E-state index in [2.05, 4.69) is 50.5 Å². The number of aliphatic hydroxyl groups is 2. The van der Waals surface area contributed by atoms with E-state index in [0.29, 0.717) is 17.4 Å². The minimum Gasteiger partial charge on any atom is -0.405 e. The first-order chi connectivity index (χ1) is 31.5. The predicted molar refractivity (Wildman–Crippen MR) is 256 cm³/mol. The van der Waals surface area contributed by atoms with Crippen molar-refractivity contribution in [1.82, 2.24) is 15.5 Å². The number of carbonyl (C=O) groups is 7. The number of ketones is 4. The Balaban J connectivity index is 1.04. The van der Waals surface area contributed by atoms with Crippen LogP contribution in [0.4, 0.5) is 0 Å². The quantitative estimate of drug-likeness (QED) is 0.0660. The molecule has 3 aliphatic carbocycles. The van der Waals surface area contributed by atoms with Gasteiger partial charge in [0.1, 0.15) is 6.04 Å². The number of unbranched alkanes of at least 4 members (excludes halogenated alkanes) is 1. The van der Waals surface area contributed by atoms with Gasteiger partial charge in [-0.05, 0) is 93.1 Å². The monoisotopic (exact) mass is 928 g/mol. The lowest BCUT2D eigenvalue weighted by Gasteiger charge is -2.64. The first-order valence-electron chi connectivity index (χ1n) is 24.3. The SMILES string of the molecule is CCCCc1ccc(-c2ccc(C(=O)C[C@H](CO)C(=O)N[C@H](C)C(=O)CCC(=O)N(C)[C@H](C(=O)C[C@@H](C)C(=O)N[C@@H](C)C(=O)C[C@@H](C)B3OC4C[C@@H]5C[C@@H](C5(C)C)[C@]4(C)O3)[C@@H](C)O)cc2)cc1. The van der Waals surface area contributed by atoms with Gasteiger partial charge in [0.15, 0.2) is 23.1 Å². The molecule has 1 aliphatic heterocycles. The van der Waals surface area contributed by atoms with E-state index in [9.17, 15) is 43.8 Å². The lowest BCUT2D eigenvalue weighted by molar-refractivity contribution is -0.199. The zero-order valence-electron chi connectivity index (χ0n) is 41.3. The van der Waals surface area contributed by atoms with Gasteiger partial charge in [0.25, 0.3) is 0 Å². The Hall–Kier alpha value is -4.57. The molecule has 3 amide bonds. The van der Waals surface area contributed by atoms with Crippen LogP contribution in [0.1, 0.15) is 136 Å². The highest BCUT2D eigenvalue weighted by molar-refractivity contribution is 6.47. The van der Waals surface area contributed by atoms with Crippen LogP contribution >= 0.6 is 0 Å². The first-order valence-corrected chi connectivity index (χ1v) is 24.3. The standard InChI is InChI=1S/C52H74BN3O11/c1-11-12-13-35-14-16-36(17-15-35)37-18-20-38(21-19-37)43(61)26-39(29-57)50(65)55-32(4)41(59)22-23-47(63)56(10)48(34(6)58)44(62)24-30(2)49(64)54-33(5)42(60)25-31(3)53-66-46-28-40-27-45(51(40,7)8)52(46,9)67-53/h14-21,30-34,39-40,45-46,48,57-58H,11-13,22-29H2,1-10H3,(H,54,64)(H,55,65)/t30-,31-,32-,33+,34-,39-,40+,45+,46?,48+,52+/m1/s1. The maximum atomic E-state index is 13.5. The molecule has 1 unspecified atom stereocenters. The Labute approximate surface area is 397 Å². The van der Waals surface area contributed by atoms with Crippen LogP contribution in [0.2, 0.25) is 5.82 Å². The normalized spacial score (nSPS) is 23.5. The van der Waals surface area contributed by atoms with Crippen molar-refractivity contribution in [3.63, 3.8) is 0 Å². The second kappa shape index (κ2) is 22.7. The Bertz CT molecular complexity index is 2110. The molecule has 11 atom stereocenters. The predicted octanol–water partition coefficient (Wildman–Crippen LogP) is 6.12. The number of hydrogen-bond acceptors (Lipinski definition) is 11. The van der Waals surface area contributed by atoms with Crippen LogP contribution in [0.15, 0.2) is 48.5 Å². The molecule has 1 saturated heterocycles. The summed E-state index contributed by atoms with van der Waals surface area (Å²) in [6, 6.07) is 12.1. The van der Waals surface area contributed by atoms with Crippen molar-refractivity contribution < 1.29 is 53.1 Å². The molecule has 4 N–H and O–H groups in total. The van der Waals surface area contributed by atoms with E-state index in [0.717, 1.165) is 48.1 Å². The van der Waals surface area contributed by atoms with Crippen LogP contribution in [0.25, 0.3) is 11.1 Å². The van der Waals surface area contributed by atoms with E-state index < -0.39 is 84.7 Å². The van der Waals surface area contributed by atoms with Crippen molar-refractivity contribution in [3.8, 4) is 11.1 Å². The average molecular weight is 928 g/mol. The fourth-order valence-electron chi connectivity index (χ4n) is 10.4. The number of nitrogens with one attached hydrogen (secondary N) is 2. The molecule has 67 heavy (non-hydrogen) atoms. The maximum Gasteiger partial charge on any atom is 0.461 e. The lowest BCUT2D eigenvalue weighted by atomic mass is 9.43. The molecule has 15 heteroatoms. The lowest BCUT2D eigenvalue weighted by Crippen LogP contribution is -2.65. The molecule has 14 nitrogen and oxygen atoms in total. The first kappa shape index (κ1) is 53.4. The molecular formula is C52H74BN3O11. The Kier molecular flexibility index (Phi) is 18.1. The largest absolute Gasteiger partial charge is 0.461 e. The smallest absolute Gasteiger partial charge is 0.405 e. The van der Waals surface area contributed by atoms with Crippen LogP contribution < -0.4 is 10.6 Å². The average Bonchev–Trinajstić information content (AvgIpc) is 3.66. The van der Waals surface area contributed by atoms with Crippen LogP contribution in [0, 0.1) is 29.1 Å². The molecule has 1 heterocycles. The number of hydrogen-bond donors (Lipinski definition) is 4. The Morgan fingerprint density at radius 3 is 1.97 bits per heavy atom. The topological polar surface area (TPSA) is 206 Å². The van der Waals surface area contributed by atoms with Crippen LogP contribution in [-0.4, -0.2) is 113 Å². The van der Waals surface area contributed by atoms with Gasteiger partial charge < -0.3 is 35.1 Å². The molecule has 0 aromatic heterocycles. The highest BCUT2D eigenvalue weighted by atomic mass is 16.7. The highest BCUT2D eigenvalue weighted by Gasteiger charge is 2.68. The summed E-state index contributed by atoms with van der Waals surface area (Å²) in [5, 5.41) is 25.9. The van der Waals surface area contributed by atoms with E-state index in [-0.39, 0.29) is 61.0 Å². The zero-order chi connectivity index (χ0) is 49.5. The summed E-state index contributed by atoms with van der Waals surface area (Å²) < 4.78 is 12.9. The number of rotatable bonds is 25. The molecule has 2 aromatic carbocycles. The van der Waals surface area contributed by atoms with Gasteiger partial charge in [-0.1, -0.05) is 89.6 Å². The van der Waals surface area contributed by atoms with Crippen molar-refractivity contribution in [2.45, 2.75) is 168 Å². The Morgan fingerprint density at radius 1 is 0.791 bits per heavy atom. The highest BCUT2D eigenvalue weighted by Crippen LogP contribution is 2.66. The third-order valence-corrected chi connectivity index (χ3v) is 15.1. The minimum atomic E-state index is -1.32. The number of nitrogens with zero attached hydrogens (tertiary/aromatic N) is 1. The molecule has 0 spiro atoms. The van der Waals surface area contributed by atoms with Gasteiger partial charge in [-0.25, -0.2) is 0 Å². The van der Waals surface area contributed by atoms with Crippen molar-refractivity contribution in [3.05, 3.63) is 59.7 Å². The number of likely N-dealkylation sites (N-methyl/N-ethyl adjacent to an activating group) is 1. The van der Waals surface area contributed by atoms with Gasteiger partial charge in [0, 0.05) is 50.6 Å². The van der Waals surface area contributed by atoms with Crippen LogP contribution in [0.3, 0.4) is 0 Å². The second-order valence-electron chi connectivity index (χ2n) is 20.6. The van der Waals surface area contributed by atoms with E-state index in [4.69, 9.17) is 9.31 Å². The summed E-state index contributed by atoms with van der Waals surface area (Å²) in [5.74, 6) is -4.71. The van der Waals surface area contributed by atoms with Gasteiger partial charge in [-0.15, -0.1) is 0 Å². The molecule has 366 valence electrons. The third-order valence-electron chi connectivity index (χ3n) is 15.1. The van der Waals surface area contributed by atoms with E-state index >= 15 is 0 Å². The molecular weight excluding hydrogens is 853 g/mol.